The van der Waals surface area contributed by atoms with Crippen LogP contribution in [0.3, 0.4) is 0 Å². The highest BCUT2D eigenvalue weighted by atomic mass is 17.3. The number of aliphatic hydroxyl groups is 1. The first-order chi connectivity index (χ1) is 12.4. The first kappa shape index (κ1) is 24.8. The molecule has 0 saturated heterocycles. The van der Waals surface area contributed by atoms with Crippen LogP contribution in [0.15, 0.2) is 0 Å². The van der Waals surface area contributed by atoms with Gasteiger partial charge in [0.1, 0.15) is 0 Å². The molecule has 2 fully saturated rings. The van der Waals surface area contributed by atoms with Gasteiger partial charge in [0.15, 0.2) is 5.79 Å². The van der Waals surface area contributed by atoms with E-state index in [0.717, 1.165) is 38.5 Å². The highest BCUT2D eigenvalue weighted by molar-refractivity contribution is 4.75. The standard InChI is InChI=1S/C12H22O5.C8H18O2/c13-11(7-3-1-4-8-11)16-17-12(15-14)9-5-2-6-10-12;1-7(2,3)9-10-8(4,5)6/h13-14H,1-10H2;1-6H3. The maximum atomic E-state index is 10.1. The van der Waals surface area contributed by atoms with Crippen molar-refractivity contribution in [3.05, 3.63) is 0 Å². The Bertz CT molecular complexity index is 386. The minimum atomic E-state index is -1.21. The largest absolute Gasteiger partial charge is 0.363 e. The molecule has 0 heterocycles. The van der Waals surface area contributed by atoms with Crippen LogP contribution in [0.5, 0.6) is 0 Å². The van der Waals surface area contributed by atoms with Crippen LogP contribution in [0.25, 0.3) is 0 Å². The van der Waals surface area contributed by atoms with Crippen molar-refractivity contribution in [1.82, 2.24) is 0 Å². The topological polar surface area (TPSA) is 86.6 Å². The second kappa shape index (κ2) is 10.5. The third kappa shape index (κ3) is 10.7. The lowest BCUT2D eigenvalue weighted by molar-refractivity contribution is -0.548. The fourth-order valence-electron chi connectivity index (χ4n) is 2.87. The molecule has 162 valence electrons. The zero-order chi connectivity index (χ0) is 20.6. The predicted molar refractivity (Wildman–Crippen MR) is 101 cm³/mol. The van der Waals surface area contributed by atoms with Crippen molar-refractivity contribution in [1.29, 1.82) is 0 Å². The van der Waals surface area contributed by atoms with Crippen LogP contribution in [0.2, 0.25) is 0 Å². The molecule has 0 bridgehead atoms. The fraction of sp³-hybridized carbons (Fsp3) is 1.00. The van der Waals surface area contributed by atoms with E-state index < -0.39 is 11.6 Å². The zero-order valence-electron chi connectivity index (χ0n) is 18.0. The summed E-state index contributed by atoms with van der Waals surface area (Å²) in [7, 11) is 0. The van der Waals surface area contributed by atoms with Crippen LogP contribution in [-0.4, -0.2) is 33.1 Å². The van der Waals surface area contributed by atoms with Gasteiger partial charge in [-0.05, 0) is 67.2 Å². The minimum Gasteiger partial charge on any atom is -0.363 e. The van der Waals surface area contributed by atoms with E-state index in [-0.39, 0.29) is 11.2 Å². The van der Waals surface area contributed by atoms with Gasteiger partial charge in [0.25, 0.3) is 0 Å². The van der Waals surface area contributed by atoms with E-state index in [1.54, 1.807) is 0 Å². The average molecular weight is 393 g/mol. The highest BCUT2D eigenvalue weighted by Crippen LogP contribution is 2.36. The van der Waals surface area contributed by atoms with Gasteiger partial charge in [0.05, 0.1) is 11.2 Å². The predicted octanol–water partition coefficient (Wildman–Crippen LogP) is 5.27. The minimum absolute atomic E-state index is 0.215. The molecule has 0 radical (unpaired) electrons. The second-order valence-corrected chi connectivity index (χ2v) is 9.63. The smallest absolute Gasteiger partial charge is 0.233 e. The van der Waals surface area contributed by atoms with Crippen molar-refractivity contribution >= 4 is 0 Å². The summed E-state index contributed by atoms with van der Waals surface area (Å²) in [5, 5.41) is 19.1. The normalized spacial score (nSPS) is 22.7. The summed E-state index contributed by atoms with van der Waals surface area (Å²) in [5.41, 5.74) is -0.430. The molecule has 2 aliphatic rings. The van der Waals surface area contributed by atoms with E-state index in [4.69, 9.17) is 24.8 Å². The SMILES string of the molecule is CC(C)(C)OOC(C)(C)C.OOC1(OOC2(O)CCCCC2)CCCCC1. The Morgan fingerprint density at radius 3 is 1.41 bits per heavy atom. The van der Waals surface area contributed by atoms with Crippen LogP contribution in [0.1, 0.15) is 106 Å². The van der Waals surface area contributed by atoms with Gasteiger partial charge in [-0.3, -0.25) is 0 Å². The number of hydrogen-bond acceptors (Lipinski definition) is 7. The van der Waals surface area contributed by atoms with Crippen molar-refractivity contribution < 1.29 is 34.8 Å². The molecule has 2 saturated carbocycles. The van der Waals surface area contributed by atoms with Crippen molar-refractivity contribution in [2.45, 2.75) is 129 Å². The van der Waals surface area contributed by atoms with Gasteiger partial charge < -0.3 is 5.11 Å². The summed E-state index contributed by atoms with van der Waals surface area (Å²) < 4.78 is 0. The molecule has 7 nitrogen and oxygen atoms in total. The van der Waals surface area contributed by atoms with Crippen LogP contribution >= 0.6 is 0 Å². The lowest BCUT2D eigenvalue weighted by Crippen LogP contribution is -2.43. The van der Waals surface area contributed by atoms with Crippen LogP contribution in [-0.2, 0) is 24.4 Å². The molecule has 0 spiro atoms. The van der Waals surface area contributed by atoms with E-state index in [1.165, 1.54) is 0 Å². The Balaban J connectivity index is 0.000000314. The quantitative estimate of drug-likeness (QED) is 0.374. The first-order valence-corrected chi connectivity index (χ1v) is 10.2. The van der Waals surface area contributed by atoms with Crippen molar-refractivity contribution in [3.8, 4) is 0 Å². The third-order valence-electron chi connectivity index (χ3n) is 4.31. The molecule has 2 rings (SSSR count). The average Bonchev–Trinajstić information content (AvgIpc) is 2.59. The second-order valence-electron chi connectivity index (χ2n) is 9.63. The maximum absolute atomic E-state index is 10.1. The summed E-state index contributed by atoms with van der Waals surface area (Å²) in [4.78, 5) is 25.1. The first-order valence-electron chi connectivity index (χ1n) is 10.2. The van der Waals surface area contributed by atoms with Gasteiger partial charge in [-0.15, -0.1) is 0 Å². The van der Waals surface area contributed by atoms with Gasteiger partial charge in [-0.2, -0.15) is 9.78 Å². The fourth-order valence-corrected chi connectivity index (χ4v) is 2.87. The number of rotatable bonds is 5. The summed E-state index contributed by atoms with van der Waals surface area (Å²) >= 11 is 0. The van der Waals surface area contributed by atoms with E-state index in [2.05, 4.69) is 4.89 Å². The Kier molecular flexibility index (Phi) is 9.61. The van der Waals surface area contributed by atoms with E-state index in [0.29, 0.717) is 25.7 Å². The Morgan fingerprint density at radius 1 is 0.630 bits per heavy atom. The molecule has 2 N–H and O–H groups in total. The lowest BCUT2D eigenvalue weighted by atomic mass is 9.94. The summed E-state index contributed by atoms with van der Waals surface area (Å²) in [5.74, 6) is -2.29. The molecular formula is C20H40O7. The van der Waals surface area contributed by atoms with Gasteiger partial charge in [-0.25, -0.2) is 19.9 Å². The van der Waals surface area contributed by atoms with Crippen LogP contribution in [0, 0.1) is 0 Å². The van der Waals surface area contributed by atoms with Crippen LogP contribution < -0.4 is 0 Å². The molecule has 0 aromatic rings. The van der Waals surface area contributed by atoms with E-state index >= 15 is 0 Å². The molecule has 0 aromatic heterocycles. The van der Waals surface area contributed by atoms with E-state index in [1.807, 2.05) is 41.5 Å². The maximum Gasteiger partial charge on any atom is 0.233 e. The number of hydrogen-bond donors (Lipinski definition) is 2. The summed E-state index contributed by atoms with van der Waals surface area (Å²) in [6.07, 6.45) is 8.32. The van der Waals surface area contributed by atoms with Crippen molar-refractivity contribution in [3.63, 3.8) is 0 Å². The molecule has 0 aliphatic heterocycles. The van der Waals surface area contributed by atoms with Gasteiger partial charge in [0, 0.05) is 25.7 Å². The molecular weight excluding hydrogens is 352 g/mol. The molecule has 0 amide bonds. The van der Waals surface area contributed by atoms with Gasteiger partial charge in [0.2, 0.25) is 5.79 Å². The van der Waals surface area contributed by atoms with Crippen molar-refractivity contribution in [2.75, 3.05) is 0 Å². The Hall–Kier alpha value is -0.280. The molecule has 7 heteroatoms. The highest BCUT2D eigenvalue weighted by Gasteiger charge is 2.40. The molecule has 0 atom stereocenters. The summed E-state index contributed by atoms with van der Waals surface area (Å²) in [6.45, 7) is 11.7. The van der Waals surface area contributed by atoms with Crippen molar-refractivity contribution in [2.24, 2.45) is 0 Å². The molecule has 0 unspecified atom stereocenters. The Morgan fingerprint density at radius 2 is 1.04 bits per heavy atom. The molecule has 2 aliphatic carbocycles. The monoisotopic (exact) mass is 392 g/mol. The zero-order valence-corrected chi connectivity index (χ0v) is 18.0. The Labute approximate surface area is 164 Å². The van der Waals surface area contributed by atoms with Gasteiger partial charge >= 0.3 is 0 Å². The van der Waals surface area contributed by atoms with Gasteiger partial charge in [-0.1, -0.05) is 12.8 Å². The van der Waals surface area contributed by atoms with E-state index in [9.17, 15) is 5.11 Å². The lowest BCUT2D eigenvalue weighted by Gasteiger charge is -2.37. The van der Waals surface area contributed by atoms with Crippen LogP contribution in [0.4, 0.5) is 0 Å². The molecule has 27 heavy (non-hydrogen) atoms. The molecule has 0 aromatic carbocycles. The third-order valence-corrected chi connectivity index (χ3v) is 4.31. The summed E-state index contributed by atoms with van der Waals surface area (Å²) in [6, 6.07) is 0.